The Morgan fingerprint density at radius 2 is 1.97 bits per heavy atom. The summed E-state index contributed by atoms with van der Waals surface area (Å²) in [6.07, 6.45) is 0. The van der Waals surface area contributed by atoms with Crippen LogP contribution in [0.15, 0.2) is 64.4 Å². The van der Waals surface area contributed by atoms with Crippen molar-refractivity contribution in [3.63, 3.8) is 0 Å². The van der Waals surface area contributed by atoms with E-state index in [0.717, 1.165) is 11.3 Å². The lowest BCUT2D eigenvalue weighted by molar-refractivity contribution is -0.384. The van der Waals surface area contributed by atoms with E-state index in [1.54, 1.807) is 17.5 Å². The standard InChI is InChI=1S/C22H11ClFN3O4S/c23-17-9-14(27(29)30)5-6-15(17)19-7-8-20(31-19)21(28)16(10-25)22-26-18(11-32-22)12-1-3-13(24)4-2-12/h1-9,11,28H/b21-16-. The van der Waals surface area contributed by atoms with E-state index in [4.69, 9.17) is 16.0 Å². The molecule has 2 aromatic heterocycles. The fourth-order valence-corrected chi connectivity index (χ4v) is 3.99. The van der Waals surface area contributed by atoms with Crippen LogP contribution in [0.3, 0.4) is 0 Å². The molecule has 0 aliphatic heterocycles. The molecule has 0 fully saturated rings. The molecule has 2 heterocycles. The molecular weight excluding hydrogens is 457 g/mol. The Morgan fingerprint density at radius 1 is 1.22 bits per heavy atom. The molecule has 1 N–H and O–H groups in total. The van der Waals surface area contributed by atoms with Crippen molar-refractivity contribution in [2.75, 3.05) is 0 Å². The predicted molar refractivity (Wildman–Crippen MR) is 118 cm³/mol. The molecule has 4 rings (SSSR count). The lowest BCUT2D eigenvalue weighted by Crippen LogP contribution is -1.89. The molecule has 0 atom stereocenters. The molecule has 0 aliphatic carbocycles. The van der Waals surface area contributed by atoms with Crippen molar-refractivity contribution in [2.45, 2.75) is 0 Å². The molecule has 10 heteroatoms. The number of nitro groups is 1. The van der Waals surface area contributed by atoms with E-state index in [2.05, 4.69) is 4.98 Å². The van der Waals surface area contributed by atoms with Crippen LogP contribution in [0.5, 0.6) is 0 Å². The van der Waals surface area contributed by atoms with E-state index < -0.39 is 10.7 Å². The third-order valence-corrected chi connectivity index (χ3v) is 5.65. The fraction of sp³-hybridized carbons (Fsp3) is 0. The van der Waals surface area contributed by atoms with Crippen molar-refractivity contribution in [1.29, 1.82) is 5.26 Å². The molecule has 0 aliphatic rings. The van der Waals surface area contributed by atoms with E-state index >= 15 is 0 Å². The zero-order valence-corrected chi connectivity index (χ0v) is 17.5. The van der Waals surface area contributed by atoms with Crippen molar-refractivity contribution in [3.05, 3.63) is 91.7 Å². The molecule has 0 bridgehead atoms. The zero-order valence-electron chi connectivity index (χ0n) is 16.0. The topological polar surface area (TPSA) is 113 Å². The monoisotopic (exact) mass is 467 g/mol. The van der Waals surface area contributed by atoms with Crippen LogP contribution in [0.25, 0.3) is 33.9 Å². The number of thiazole rings is 1. The number of nitrogens with zero attached hydrogens (tertiary/aromatic N) is 3. The third kappa shape index (κ3) is 4.09. The Labute approximate surface area is 189 Å². The molecule has 0 saturated carbocycles. The number of hydrogen-bond acceptors (Lipinski definition) is 7. The minimum absolute atomic E-state index is 0.00417. The van der Waals surface area contributed by atoms with Crippen LogP contribution in [0.1, 0.15) is 10.8 Å². The number of aromatic nitrogens is 1. The largest absolute Gasteiger partial charge is 0.503 e. The third-order valence-electron chi connectivity index (χ3n) is 4.47. The summed E-state index contributed by atoms with van der Waals surface area (Å²) in [5.74, 6) is -0.530. The van der Waals surface area contributed by atoms with Crippen LogP contribution in [-0.2, 0) is 0 Å². The van der Waals surface area contributed by atoms with Gasteiger partial charge in [0, 0.05) is 28.6 Å². The Kier molecular flexibility index (Phi) is 5.73. The van der Waals surface area contributed by atoms with Gasteiger partial charge in [0.1, 0.15) is 28.2 Å². The molecule has 4 aromatic rings. The number of aliphatic hydroxyl groups excluding tert-OH is 1. The van der Waals surface area contributed by atoms with E-state index in [0.29, 0.717) is 16.8 Å². The fourth-order valence-electron chi connectivity index (χ4n) is 2.89. The summed E-state index contributed by atoms with van der Waals surface area (Å²) in [7, 11) is 0. The number of non-ortho nitro benzene ring substituents is 1. The summed E-state index contributed by atoms with van der Waals surface area (Å²) in [5, 5.41) is 33.2. The molecule has 0 amide bonds. The Morgan fingerprint density at radius 3 is 2.62 bits per heavy atom. The summed E-state index contributed by atoms with van der Waals surface area (Å²) in [6, 6.07) is 14.6. The predicted octanol–water partition coefficient (Wildman–Crippen LogP) is 6.72. The van der Waals surface area contributed by atoms with E-state index in [1.807, 2.05) is 6.07 Å². The van der Waals surface area contributed by atoms with Gasteiger partial charge in [-0.25, -0.2) is 9.37 Å². The zero-order chi connectivity index (χ0) is 22.8. The second-order valence-corrected chi connectivity index (χ2v) is 7.73. The van der Waals surface area contributed by atoms with Gasteiger partial charge in [-0.15, -0.1) is 11.3 Å². The number of hydrogen-bond donors (Lipinski definition) is 1. The highest BCUT2D eigenvalue weighted by molar-refractivity contribution is 7.11. The second kappa shape index (κ2) is 8.63. The van der Waals surface area contributed by atoms with Crippen molar-refractivity contribution in [2.24, 2.45) is 0 Å². The normalized spacial score (nSPS) is 11.7. The minimum atomic E-state index is -0.564. The van der Waals surface area contributed by atoms with E-state index in [9.17, 15) is 24.9 Å². The lowest BCUT2D eigenvalue weighted by Gasteiger charge is -2.02. The molecule has 7 nitrogen and oxygen atoms in total. The molecule has 2 aromatic carbocycles. The first-order valence-corrected chi connectivity index (χ1v) is 10.2. The average molecular weight is 468 g/mol. The van der Waals surface area contributed by atoms with Gasteiger partial charge in [-0.2, -0.15) is 5.26 Å². The average Bonchev–Trinajstić information content (AvgIpc) is 3.45. The first kappa shape index (κ1) is 21.2. The second-order valence-electron chi connectivity index (χ2n) is 6.47. The molecule has 0 radical (unpaired) electrons. The quantitative estimate of drug-likeness (QED) is 0.151. The van der Waals surface area contributed by atoms with Crippen LogP contribution < -0.4 is 0 Å². The molecular formula is C22H11ClFN3O4S. The first-order chi connectivity index (χ1) is 15.4. The van der Waals surface area contributed by atoms with Crippen LogP contribution in [-0.4, -0.2) is 15.0 Å². The smallest absolute Gasteiger partial charge is 0.270 e. The van der Waals surface area contributed by atoms with Crippen LogP contribution in [0.4, 0.5) is 10.1 Å². The number of furan rings is 1. The summed E-state index contributed by atoms with van der Waals surface area (Å²) >= 11 is 7.27. The van der Waals surface area contributed by atoms with Crippen molar-refractivity contribution >= 4 is 40.0 Å². The van der Waals surface area contributed by atoms with Crippen LogP contribution in [0.2, 0.25) is 5.02 Å². The van der Waals surface area contributed by atoms with Gasteiger partial charge >= 0.3 is 0 Å². The minimum Gasteiger partial charge on any atom is -0.503 e. The van der Waals surface area contributed by atoms with E-state index in [-0.39, 0.29) is 38.6 Å². The number of aliphatic hydroxyl groups is 1. The highest BCUT2D eigenvalue weighted by Gasteiger charge is 2.19. The van der Waals surface area contributed by atoms with Gasteiger partial charge < -0.3 is 9.52 Å². The van der Waals surface area contributed by atoms with Gasteiger partial charge in [0.05, 0.1) is 15.6 Å². The Hall–Kier alpha value is -4.00. The maximum atomic E-state index is 13.1. The summed E-state index contributed by atoms with van der Waals surface area (Å²) in [5.41, 5.74) is 1.32. The van der Waals surface area contributed by atoms with Crippen molar-refractivity contribution in [3.8, 4) is 28.7 Å². The van der Waals surface area contributed by atoms with Crippen LogP contribution in [0, 0.1) is 27.3 Å². The summed E-state index contributed by atoms with van der Waals surface area (Å²) in [4.78, 5) is 14.7. The maximum Gasteiger partial charge on any atom is 0.270 e. The number of allylic oxidation sites excluding steroid dienone is 1. The van der Waals surface area contributed by atoms with Gasteiger partial charge in [0.2, 0.25) is 0 Å². The number of nitriles is 1. The first-order valence-electron chi connectivity index (χ1n) is 8.97. The number of halogens is 2. The SMILES string of the molecule is N#C/C(=C(/O)c1ccc(-c2ccc([N+](=O)[O-])cc2Cl)o1)c1nc(-c2ccc(F)cc2)cs1. The number of rotatable bonds is 5. The van der Waals surface area contributed by atoms with Gasteiger partial charge in [0.25, 0.3) is 5.69 Å². The molecule has 32 heavy (non-hydrogen) atoms. The number of benzene rings is 2. The van der Waals surface area contributed by atoms with Gasteiger partial charge in [-0.3, -0.25) is 10.1 Å². The van der Waals surface area contributed by atoms with Gasteiger partial charge in [-0.05, 0) is 42.5 Å². The summed E-state index contributed by atoms with van der Waals surface area (Å²) in [6.45, 7) is 0. The highest BCUT2D eigenvalue weighted by Crippen LogP contribution is 2.35. The molecule has 0 spiro atoms. The van der Waals surface area contributed by atoms with Crippen molar-refractivity contribution < 1.29 is 18.8 Å². The van der Waals surface area contributed by atoms with Crippen molar-refractivity contribution in [1.82, 2.24) is 4.98 Å². The van der Waals surface area contributed by atoms with Gasteiger partial charge in [0.15, 0.2) is 11.5 Å². The van der Waals surface area contributed by atoms with E-state index in [1.165, 1.54) is 42.5 Å². The Balaban J connectivity index is 1.67. The van der Waals surface area contributed by atoms with Gasteiger partial charge in [-0.1, -0.05) is 11.6 Å². The lowest BCUT2D eigenvalue weighted by atomic mass is 10.1. The van der Waals surface area contributed by atoms with Crippen LogP contribution >= 0.6 is 22.9 Å². The summed E-state index contributed by atoms with van der Waals surface area (Å²) < 4.78 is 18.8. The maximum absolute atomic E-state index is 13.1. The molecule has 0 unspecified atom stereocenters. The highest BCUT2D eigenvalue weighted by atomic mass is 35.5. The Bertz CT molecular complexity index is 1400. The molecule has 158 valence electrons. The number of nitro benzene ring substituents is 1. The molecule has 0 saturated heterocycles.